The van der Waals surface area contributed by atoms with Crippen molar-refractivity contribution in [1.82, 2.24) is 14.9 Å². The first-order chi connectivity index (χ1) is 15.5. The average molecular weight is 452 g/mol. The number of benzene rings is 2. The van der Waals surface area contributed by atoms with Gasteiger partial charge in [-0.1, -0.05) is 42.1 Å². The molecule has 0 bridgehead atoms. The van der Waals surface area contributed by atoms with Crippen LogP contribution in [0.2, 0.25) is 0 Å². The van der Waals surface area contributed by atoms with Crippen molar-refractivity contribution >= 4 is 39.5 Å². The number of fused-ring (bicyclic) bond motifs is 2. The largest absolute Gasteiger partial charge is 0.459 e. The average Bonchev–Trinajstić information content (AvgIpc) is 3.22. The normalized spacial score (nSPS) is 13.3. The van der Waals surface area contributed by atoms with Crippen LogP contribution >= 0.6 is 11.8 Å². The van der Waals surface area contributed by atoms with E-state index in [1.807, 2.05) is 56.3 Å². The molecule has 1 N–H and O–H groups in total. The van der Waals surface area contributed by atoms with E-state index < -0.39 is 0 Å². The van der Waals surface area contributed by atoms with Crippen LogP contribution < -0.4 is 10.9 Å². The Hall–Kier alpha value is -3.10. The fourth-order valence-electron chi connectivity index (χ4n) is 3.63. The summed E-state index contributed by atoms with van der Waals surface area (Å²) >= 11 is 1.23. The van der Waals surface area contributed by atoms with Crippen molar-refractivity contribution in [2.24, 2.45) is 0 Å². The van der Waals surface area contributed by atoms with Gasteiger partial charge in [0.05, 0.1) is 35.3 Å². The maximum Gasteiger partial charge on any atom is 0.262 e. The van der Waals surface area contributed by atoms with Crippen LogP contribution in [-0.4, -0.2) is 34.9 Å². The number of hydrogen-bond acceptors (Lipinski definition) is 6. The van der Waals surface area contributed by atoms with Gasteiger partial charge in [-0.05, 0) is 38.1 Å². The Morgan fingerprint density at radius 3 is 2.72 bits per heavy atom. The second-order valence-corrected chi connectivity index (χ2v) is 8.60. The molecule has 32 heavy (non-hydrogen) atoms. The maximum atomic E-state index is 13.1. The molecule has 166 valence electrons. The minimum absolute atomic E-state index is 0.120. The fourth-order valence-corrected chi connectivity index (χ4v) is 4.54. The van der Waals surface area contributed by atoms with Crippen LogP contribution in [0, 0.1) is 0 Å². The molecule has 2 aromatic heterocycles. The molecule has 0 radical (unpaired) electrons. The molecule has 0 unspecified atom stereocenters. The smallest absolute Gasteiger partial charge is 0.262 e. The number of aromatic nitrogens is 2. The Morgan fingerprint density at radius 2 is 1.94 bits per heavy atom. The lowest BCUT2D eigenvalue weighted by Gasteiger charge is -2.19. The van der Waals surface area contributed by atoms with Crippen molar-refractivity contribution in [3.63, 3.8) is 0 Å². The molecular formula is C24H25N3O4S. The molecule has 2 aromatic carbocycles. The van der Waals surface area contributed by atoms with Crippen LogP contribution in [0.5, 0.6) is 0 Å². The number of carbonyl (C=O) groups excluding carboxylic acids is 1. The molecule has 0 saturated heterocycles. The van der Waals surface area contributed by atoms with Crippen LogP contribution in [0.25, 0.3) is 21.9 Å². The Balaban J connectivity index is 1.52. The summed E-state index contributed by atoms with van der Waals surface area (Å²) in [4.78, 5) is 30.4. The van der Waals surface area contributed by atoms with E-state index in [0.717, 1.165) is 11.0 Å². The molecule has 0 fully saturated rings. The lowest BCUT2D eigenvalue weighted by atomic mass is 10.2. The van der Waals surface area contributed by atoms with Gasteiger partial charge < -0.3 is 14.5 Å². The third-order valence-corrected chi connectivity index (χ3v) is 6.16. The van der Waals surface area contributed by atoms with E-state index in [4.69, 9.17) is 9.15 Å². The van der Waals surface area contributed by atoms with E-state index in [1.165, 1.54) is 11.8 Å². The van der Waals surface area contributed by atoms with Crippen LogP contribution in [0.1, 0.15) is 31.7 Å². The number of thioether (sulfide) groups is 1. The van der Waals surface area contributed by atoms with Crippen LogP contribution in [0.4, 0.5) is 0 Å². The number of carbonyl (C=O) groups is 1. The third kappa shape index (κ3) is 4.56. The summed E-state index contributed by atoms with van der Waals surface area (Å²) < 4.78 is 12.7. The molecular weight excluding hydrogens is 426 g/mol. The number of nitrogens with one attached hydrogen (secondary N) is 1. The minimum atomic E-state index is -0.283. The standard InChI is InChI=1S/C24H25N3O4S/c1-15(13-30-3)27-23(29)18-9-5-6-10-19(18)26-24(27)32-14-22(28)25-16(2)21-12-17-8-4-7-11-20(17)31-21/h4-12,15-16H,13-14H2,1-3H3,(H,25,28)/t15-,16-/m0/s1. The first-order valence-corrected chi connectivity index (χ1v) is 11.4. The number of methoxy groups -OCH3 is 1. The summed E-state index contributed by atoms with van der Waals surface area (Å²) in [5.41, 5.74) is 1.25. The van der Waals surface area contributed by atoms with Crippen LogP contribution in [-0.2, 0) is 9.53 Å². The SMILES string of the molecule is COC[C@H](C)n1c(SCC(=O)N[C@@H](C)c2cc3ccccc3o2)nc2ccccc2c1=O. The zero-order valence-corrected chi connectivity index (χ0v) is 19.0. The summed E-state index contributed by atoms with van der Waals surface area (Å²) in [5, 5.41) is 4.99. The first-order valence-electron chi connectivity index (χ1n) is 10.4. The van der Waals surface area contributed by atoms with E-state index in [0.29, 0.717) is 28.4 Å². The van der Waals surface area contributed by atoms with Crippen molar-refractivity contribution in [2.75, 3.05) is 19.5 Å². The van der Waals surface area contributed by atoms with Crippen LogP contribution in [0.15, 0.2) is 69.0 Å². The van der Waals surface area contributed by atoms with Crippen molar-refractivity contribution < 1.29 is 13.9 Å². The topological polar surface area (TPSA) is 86.4 Å². The second kappa shape index (κ2) is 9.58. The van der Waals surface area contributed by atoms with Gasteiger partial charge in [0, 0.05) is 12.5 Å². The van der Waals surface area contributed by atoms with Crippen molar-refractivity contribution in [2.45, 2.75) is 31.1 Å². The maximum absolute atomic E-state index is 13.1. The van der Waals surface area contributed by atoms with Gasteiger partial charge in [-0.3, -0.25) is 14.2 Å². The highest BCUT2D eigenvalue weighted by Crippen LogP contribution is 2.24. The number of amides is 1. The first kappa shape index (κ1) is 22.1. The molecule has 0 saturated carbocycles. The molecule has 4 rings (SSSR count). The summed E-state index contributed by atoms with van der Waals surface area (Å²) in [5.74, 6) is 0.644. The molecule has 2 heterocycles. The predicted octanol–water partition coefficient (Wildman–Crippen LogP) is 4.32. The molecule has 4 aromatic rings. The highest BCUT2D eigenvalue weighted by atomic mass is 32.2. The van der Waals surface area contributed by atoms with E-state index in [9.17, 15) is 9.59 Å². The highest BCUT2D eigenvalue weighted by molar-refractivity contribution is 7.99. The van der Waals surface area contributed by atoms with Gasteiger partial charge in [0.15, 0.2) is 5.16 Å². The minimum Gasteiger partial charge on any atom is -0.459 e. The molecule has 1 amide bonds. The number of para-hydroxylation sites is 2. The molecule has 0 aliphatic carbocycles. The molecule has 8 heteroatoms. The van der Waals surface area contributed by atoms with Gasteiger partial charge in [0.1, 0.15) is 11.3 Å². The van der Waals surface area contributed by atoms with Crippen molar-refractivity contribution in [3.05, 3.63) is 70.7 Å². The van der Waals surface area contributed by atoms with Gasteiger partial charge in [0.25, 0.3) is 5.56 Å². The van der Waals surface area contributed by atoms with E-state index in [-0.39, 0.29) is 29.3 Å². The molecule has 2 atom stereocenters. The highest BCUT2D eigenvalue weighted by Gasteiger charge is 2.19. The second-order valence-electron chi connectivity index (χ2n) is 7.66. The number of hydrogen-bond donors (Lipinski definition) is 1. The molecule has 0 spiro atoms. The van der Waals surface area contributed by atoms with Gasteiger partial charge in [-0.15, -0.1) is 0 Å². The summed E-state index contributed by atoms with van der Waals surface area (Å²) in [6.45, 7) is 4.14. The monoisotopic (exact) mass is 451 g/mol. The fraction of sp³-hybridized carbons (Fsp3) is 0.292. The number of furan rings is 1. The van der Waals surface area contributed by atoms with Gasteiger partial charge >= 0.3 is 0 Å². The summed E-state index contributed by atoms with van der Waals surface area (Å²) in [6, 6.07) is 16.4. The zero-order chi connectivity index (χ0) is 22.7. The van der Waals surface area contributed by atoms with E-state index >= 15 is 0 Å². The Labute approximate surface area is 189 Å². The van der Waals surface area contributed by atoms with E-state index in [1.54, 1.807) is 23.8 Å². The number of rotatable bonds is 8. The van der Waals surface area contributed by atoms with Gasteiger partial charge in [-0.2, -0.15) is 0 Å². The third-order valence-electron chi connectivity index (χ3n) is 5.21. The number of nitrogens with zero attached hydrogens (tertiary/aromatic N) is 2. The Morgan fingerprint density at radius 1 is 1.19 bits per heavy atom. The van der Waals surface area contributed by atoms with Gasteiger partial charge in [0.2, 0.25) is 5.91 Å². The number of ether oxygens (including phenoxy) is 1. The zero-order valence-electron chi connectivity index (χ0n) is 18.2. The summed E-state index contributed by atoms with van der Waals surface area (Å²) in [6.07, 6.45) is 0. The quantitative estimate of drug-likeness (QED) is 0.317. The lowest BCUT2D eigenvalue weighted by molar-refractivity contribution is -0.119. The molecule has 0 aliphatic heterocycles. The van der Waals surface area contributed by atoms with Crippen molar-refractivity contribution in [3.8, 4) is 0 Å². The predicted molar refractivity (Wildman–Crippen MR) is 126 cm³/mol. The molecule has 0 aliphatic rings. The van der Waals surface area contributed by atoms with Crippen molar-refractivity contribution in [1.29, 1.82) is 0 Å². The van der Waals surface area contributed by atoms with E-state index in [2.05, 4.69) is 10.3 Å². The Kier molecular flexibility index (Phi) is 6.62. The Bertz CT molecular complexity index is 1280. The lowest BCUT2D eigenvalue weighted by Crippen LogP contribution is -2.30. The van der Waals surface area contributed by atoms with Crippen LogP contribution in [0.3, 0.4) is 0 Å². The van der Waals surface area contributed by atoms with Gasteiger partial charge in [-0.25, -0.2) is 4.98 Å². The molecule has 7 nitrogen and oxygen atoms in total. The summed E-state index contributed by atoms with van der Waals surface area (Å²) in [7, 11) is 1.59.